The average Bonchev–Trinajstić information content (AvgIpc) is 3.40. The number of rotatable bonds is 5. The van der Waals surface area contributed by atoms with E-state index < -0.39 is 10.0 Å². The van der Waals surface area contributed by atoms with Crippen LogP contribution in [0.4, 0.5) is 0 Å². The maximum atomic E-state index is 12.8. The van der Waals surface area contributed by atoms with E-state index in [0.29, 0.717) is 23.7 Å². The van der Waals surface area contributed by atoms with Crippen LogP contribution in [0.15, 0.2) is 45.7 Å². The maximum Gasteiger partial charge on any atom is 0.289 e. The summed E-state index contributed by atoms with van der Waals surface area (Å²) in [6.07, 6.45) is 2.42. The lowest BCUT2D eigenvalue weighted by Gasteiger charge is -2.33. The highest BCUT2D eigenvalue weighted by atomic mass is 32.2. The van der Waals surface area contributed by atoms with Crippen LogP contribution in [0.25, 0.3) is 0 Å². The molecule has 4 rings (SSSR count). The van der Waals surface area contributed by atoms with Gasteiger partial charge in [-0.05, 0) is 57.1 Å². The normalized spacial score (nSPS) is 19.0. The molecule has 29 heavy (non-hydrogen) atoms. The van der Waals surface area contributed by atoms with Gasteiger partial charge in [0.05, 0.1) is 11.4 Å². The molecular formula is C21H27N3O4S. The van der Waals surface area contributed by atoms with Crippen LogP contribution >= 0.6 is 0 Å². The van der Waals surface area contributed by atoms with Crippen LogP contribution in [0.1, 0.15) is 34.7 Å². The molecule has 2 fully saturated rings. The number of hydrogen-bond donors (Lipinski definition) is 0. The molecule has 0 aliphatic carbocycles. The van der Waals surface area contributed by atoms with Crippen molar-refractivity contribution in [3.05, 3.63) is 53.5 Å². The Balaban J connectivity index is 1.36. The SMILES string of the molecule is Cc1ccc(S(=O)(=O)N2CCN(C(=O)c3ccc(CN4CCCC4)o3)CC2)cc1. The first-order valence-electron chi connectivity index (χ1n) is 10.1. The number of furan rings is 1. The predicted octanol–water partition coefficient (Wildman–Crippen LogP) is 2.33. The van der Waals surface area contributed by atoms with Gasteiger partial charge in [0.2, 0.25) is 10.0 Å². The van der Waals surface area contributed by atoms with E-state index in [9.17, 15) is 13.2 Å². The van der Waals surface area contributed by atoms with Gasteiger partial charge < -0.3 is 9.32 Å². The number of carbonyl (C=O) groups excluding carboxylic acids is 1. The summed E-state index contributed by atoms with van der Waals surface area (Å²) in [4.78, 5) is 17.0. The minimum atomic E-state index is -3.54. The van der Waals surface area contributed by atoms with E-state index in [0.717, 1.165) is 31.0 Å². The largest absolute Gasteiger partial charge is 0.455 e. The number of hydrogen-bond acceptors (Lipinski definition) is 5. The lowest BCUT2D eigenvalue weighted by Crippen LogP contribution is -2.50. The van der Waals surface area contributed by atoms with Gasteiger partial charge in [-0.1, -0.05) is 17.7 Å². The Kier molecular flexibility index (Phi) is 5.76. The van der Waals surface area contributed by atoms with Crippen molar-refractivity contribution in [1.82, 2.24) is 14.1 Å². The van der Waals surface area contributed by atoms with Gasteiger partial charge in [-0.2, -0.15) is 4.31 Å². The van der Waals surface area contributed by atoms with Gasteiger partial charge in [0.1, 0.15) is 5.76 Å². The van der Waals surface area contributed by atoms with Gasteiger partial charge in [-0.3, -0.25) is 9.69 Å². The molecule has 0 N–H and O–H groups in total. The number of likely N-dealkylation sites (tertiary alicyclic amines) is 1. The summed E-state index contributed by atoms with van der Waals surface area (Å²) in [5.74, 6) is 0.954. The summed E-state index contributed by atoms with van der Waals surface area (Å²) in [6.45, 7) is 6.06. The fraction of sp³-hybridized carbons (Fsp3) is 0.476. The number of sulfonamides is 1. The van der Waals surface area contributed by atoms with E-state index in [-0.39, 0.29) is 19.0 Å². The Bertz CT molecular complexity index is 954. The van der Waals surface area contributed by atoms with Crippen molar-refractivity contribution in [2.75, 3.05) is 39.3 Å². The molecule has 2 aliphatic rings. The molecule has 8 heteroatoms. The van der Waals surface area contributed by atoms with E-state index in [4.69, 9.17) is 4.42 Å². The average molecular weight is 418 g/mol. The van der Waals surface area contributed by atoms with Crippen LogP contribution in [0, 0.1) is 6.92 Å². The zero-order valence-electron chi connectivity index (χ0n) is 16.7. The third-order valence-corrected chi connectivity index (χ3v) is 7.55. The van der Waals surface area contributed by atoms with Gasteiger partial charge in [0, 0.05) is 26.2 Å². The second kappa shape index (κ2) is 8.30. The van der Waals surface area contributed by atoms with Crippen LogP contribution in [0.5, 0.6) is 0 Å². The van der Waals surface area contributed by atoms with Crippen LogP contribution in [-0.2, 0) is 16.6 Å². The number of piperazine rings is 1. The molecule has 0 bridgehead atoms. The molecule has 2 aromatic rings. The standard InChI is InChI=1S/C21H27N3O4S/c1-17-4-7-19(8-5-17)29(26,27)24-14-12-23(13-15-24)21(25)20-9-6-18(28-20)16-22-10-2-3-11-22/h4-9H,2-3,10-16H2,1H3. The zero-order valence-corrected chi connectivity index (χ0v) is 17.5. The number of aryl methyl sites for hydroxylation is 1. The second-order valence-corrected chi connectivity index (χ2v) is 9.70. The molecular weight excluding hydrogens is 390 g/mol. The molecule has 0 spiro atoms. The Labute approximate surface area is 171 Å². The van der Waals surface area contributed by atoms with Gasteiger partial charge in [-0.25, -0.2) is 8.42 Å². The summed E-state index contributed by atoms with van der Waals surface area (Å²) in [6, 6.07) is 10.4. The highest BCUT2D eigenvalue weighted by Gasteiger charge is 2.31. The number of amides is 1. The Hall–Kier alpha value is -2.16. The van der Waals surface area contributed by atoms with Crippen molar-refractivity contribution in [2.24, 2.45) is 0 Å². The molecule has 2 saturated heterocycles. The lowest BCUT2D eigenvalue weighted by atomic mass is 10.2. The maximum absolute atomic E-state index is 12.8. The third-order valence-electron chi connectivity index (χ3n) is 5.64. The summed E-state index contributed by atoms with van der Waals surface area (Å²) >= 11 is 0. The van der Waals surface area contributed by atoms with Crippen LogP contribution in [-0.4, -0.2) is 67.7 Å². The molecule has 0 atom stereocenters. The third kappa shape index (κ3) is 4.39. The van der Waals surface area contributed by atoms with Crippen molar-refractivity contribution in [3.8, 4) is 0 Å². The van der Waals surface area contributed by atoms with E-state index in [1.54, 1.807) is 35.2 Å². The summed E-state index contributed by atoms with van der Waals surface area (Å²) < 4.78 is 32.8. The number of nitrogens with zero attached hydrogens (tertiary/aromatic N) is 3. The van der Waals surface area contributed by atoms with Gasteiger partial charge >= 0.3 is 0 Å². The monoisotopic (exact) mass is 417 g/mol. The van der Waals surface area contributed by atoms with Crippen LogP contribution < -0.4 is 0 Å². The summed E-state index contributed by atoms with van der Waals surface area (Å²) in [5, 5.41) is 0. The van der Waals surface area contributed by atoms with Gasteiger partial charge in [-0.15, -0.1) is 0 Å². The van der Waals surface area contributed by atoms with Gasteiger partial charge in [0.15, 0.2) is 5.76 Å². The number of benzene rings is 1. The van der Waals surface area contributed by atoms with Crippen molar-refractivity contribution >= 4 is 15.9 Å². The molecule has 3 heterocycles. The first-order chi connectivity index (χ1) is 13.9. The van der Waals surface area contributed by atoms with Crippen molar-refractivity contribution in [3.63, 3.8) is 0 Å². The zero-order chi connectivity index (χ0) is 20.4. The highest BCUT2D eigenvalue weighted by molar-refractivity contribution is 7.89. The number of carbonyl (C=O) groups is 1. The Morgan fingerprint density at radius 1 is 0.931 bits per heavy atom. The van der Waals surface area contributed by atoms with E-state index >= 15 is 0 Å². The fourth-order valence-corrected chi connectivity index (χ4v) is 5.31. The molecule has 7 nitrogen and oxygen atoms in total. The van der Waals surface area contributed by atoms with E-state index in [1.807, 2.05) is 13.0 Å². The first kappa shape index (κ1) is 20.1. The topological polar surface area (TPSA) is 74.1 Å². The Morgan fingerprint density at radius 3 is 2.24 bits per heavy atom. The molecule has 1 aromatic heterocycles. The van der Waals surface area contributed by atoms with Gasteiger partial charge in [0.25, 0.3) is 5.91 Å². The molecule has 0 unspecified atom stereocenters. The minimum absolute atomic E-state index is 0.176. The molecule has 0 saturated carbocycles. The Morgan fingerprint density at radius 2 is 1.59 bits per heavy atom. The molecule has 0 radical (unpaired) electrons. The minimum Gasteiger partial charge on any atom is -0.455 e. The predicted molar refractivity (Wildman–Crippen MR) is 109 cm³/mol. The quantitative estimate of drug-likeness (QED) is 0.747. The first-order valence-corrected chi connectivity index (χ1v) is 11.5. The molecule has 1 aromatic carbocycles. The van der Waals surface area contributed by atoms with E-state index in [2.05, 4.69) is 4.90 Å². The highest BCUT2D eigenvalue weighted by Crippen LogP contribution is 2.20. The summed E-state index contributed by atoms with van der Waals surface area (Å²) in [7, 11) is -3.54. The van der Waals surface area contributed by atoms with Crippen molar-refractivity contribution in [1.29, 1.82) is 0 Å². The molecule has 1 amide bonds. The lowest BCUT2D eigenvalue weighted by molar-refractivity contribution is 0.0662. The van der Waals surface area contributed by atoms with E-state index in [1.165, 1.54) is 17.1 Å². The second-order valence-electron chi connectivity index (χ2n) is 7.76. The van der Waals surface area contributed by atoms with Crippen molar-refractivity contribution < 1.29 is 17.6 Å². The van der Waals surface area contributed by atoms with Crippen LogP contribution in [0.3, 0.4) is 0 Å². The van der Waals surface area contributed by atoms with Crippen molar-refractivity contribution in [2.45, 2.75) is 31.2 Å². The molecule has 2 aliphatic heterocycles. The molecule has 156 valence electrons. The van der Waals surface area contributed by atoms with Crippen LogP contribution in [0.2, 0.25) is 0 Å². The summed E-state index contributed by atoms with van der Waals surface area (Å²) in [5.41, 5.74) is 1.02. The fourth-order valence-electron chi connectivity index (χ4n) is 3.89. The smallest absolute Gasteiger partial charge is 0.289 e.